The molecule has 0 saturated heterocycles. The van der Waals surface area contributed by atoms with Crippen LogP contribution in [0.25, 0.3) is 0 Å². The lowest BCUT2D eigenvalue weighted by atomic mass is 10.1. The quantitative estimate of drug-likeness (QED) is 0.722. The van der Waals surface area contributed by atoms with Gasteiger partial charge in [-0.2, -0.15) is 0 Å². The van der Waals surface area contributed by atoms with Gasteiger partial charge in [-0.1, -0.05) is 0 Å². The van der Waals surface area contributed by atoms with Crippen molar-refractivity contribution in [3.8, 4) is 11.5 Å². The molecular formula is C14H23NO3. The second-order valence-corrected chi connectivity index (χ2v) is 4.79. The second kappa shape index (κ2) is 7.24. The molecule has 18 heavy (non-hydrogen) atoms. The summed E-state index contributed by atoms with van der Waals surface area (Å²) >= 11 is 0. The number of nitrogens with two attached hydrogens (primary N) is 1. The zero-order valence-electron chi connectivity index (χ0n) is 11.4. The van der Waals surface area contributed by atoms with Crippen LogP contribution < -0.4 is 15.2 Å². The van der Waals surface area contributed by atoms with Crippen molar-refractivity contribution in [3.05, 3.63) is 24.3 Å². The van der Waals surface area contributed by atoms with E-state index in [1.807, 2.05) is 45.0 Å². The molecule has 0 bridgehead atoms. The Labute approximate surface area is 109 Å². The van der Waals surface area contributed by atoms with Crippen molar-refractivity contribution in [1.29, 1.82) is 0 Å². The second-order valence-electron chi connectivity index (χ2n) is 4.79. The molecule has 0 spiro atoms. The maximum Gasteiger partial charge on any atom is 0.119 e. The van der Waals surface area contributed by atoms with Crippen LogP contribution in [-0.2, 0) is 4.74 Å². The Balaban J connectivity index is 2.19. The molecule has 0 atom stereocenters. The zero-order chi connectivity index (χ0) is 13.4. The molecule has 0 aliphatic carbocycles. The van der Waals surface area contributed by atoms with Crippen LogP contribution in [0.1, 0.15) is 20.8 Å². The summed E-state index contributed by atoms with van der Waals surface area (Å²) in [4.78, 5) is 0. The molecule has 0 saturated carbocycles. The molecule has 0 amide bonds. The minimum absolute atomic E-state index is 0.293. The van der Waals surface area contributed by atoms with Gasteiger partial charge in [-0.3, -0.25) is 0 Å². The highest BCUT2D eigenvalue weighted by atomic mass is 16.5. The lowest BCUT2D eigenvalue weighted by Gasteiger charge is -2.18. The van der Waals surface area contributed by atoms with Gasteiger partial charge in [-0.05, 0) is 45.0 Å². The Kier molecular flexibility index (Phi) is 5.95. The van der Waals surface area contributed by atoms with E-state index in [0.717, 1.165) is 11.5 Å². The molecule has 0 fully saturated rings. The normalized spacial score (nSPS) is 11.3. The first-order valence-corrected chi connectivity index (χ1v) is 6.23. The van der Waals surface area contributed by atoms with Gasteiger partial charge in [0, 0.05) is 5.54 Å². The van der Waals surface area contributed by atoms with Crippen LogP contribution in [0.15, 0.2) is 24.3 Å². The smallest absolute Gasteiger partial charge is 0.119 e. The predicted octanol–water partition coefficient (Wildman–Crippen LogP) is 2.22. The molecule has 2 N–H and O–H groups in total. The summed E-state index contributed by atoms with van der Waals surface area (Å²) in [5.41, 5.74) is 5.50. The minimum Gasteiger partial charge on any atom is -0.494 e. The largest absolute Gasteiger partial charge is 0.494 e. The van der Waals surface area contributed by atoms with Gasteiger partial charge in [-0.25, -0.2) is 0 Å². The SMILES string of the molecule is CCOc1ccc(OCCOCC(C)(C)N)cc1. The molecule has 102 valence electrons. The average Bonchev–Trinajstić information content (AvgIpc) is 2.30. The van der Waals surface area contributed by atoms with E-state index in [0.29, 0.717) is 26.4 Å². The van der Waals surface area contributed by atoms with Crippen molar-refractivity contribution in [2.24, 2.45) is 5.73 Å². The van der Waals surface area contributed by atoms with Crippen molar-refractivity contribution in [2.45, 2.75) is 26.3 Å². The molecule has 0 aliphatic heterocycles. The lowest BCUT2D eigenvalue weighted by molar-refractivity contribution is 0.0724. The molecule has 1 aromatic carbocycles. The van der Waals surface area contributed by atoms with Gasteiger partial charge in [-0.15, -0.1) is 0 Å². The topological polar surface area (TPSA) is 53.7 Å². The van der Waals surface area contributed by atoms with Crippen molar-refractivity contribution in [2.75, 3.05) is 26.4 Å². The van der Waals surface area contributed by atoms with Crippen LogP contribution in [0, 0.1) is 0 Å². The molecule has 4 nitrogen and oxygen atoms in total. The average molecular weight is 253 g/mol. The minimum atomic E-state index is -0.293. The molecular weight excluding hydrogens is 230 g/mol. The van der Waals surface area contributed by atoms with E-state index in [4.69, 9.17) is 19.9 Å². The van der Waals surface area contributed by atoms with Crippen LogP contribution in [0.2, 0.25) is 0 Å². The van der Waals surface area contributed by atoms with Crippen LogP contribution in [-0.4, -0.2) is 32.0 Å². The van der Waals surface area contributed by atoms with Crippen LogP contribution in [0.3, 0.4) is 0 Å². The maximum absolute atomic E-state index is 5.79. The first-order chi connectivity index (χ1) is 8.51. The van der Waals surface area contributed by atoms with E-state index in [-0.39, 0.29) is 5.54 Å². The third-order valence-corrected chi connectivity index (χ3v) is 2.11. The van der Waals surface area contributed by atoms with Crippen molar-refractivity contribution < 1.29 is 14.2 Å². The van der Waals surface area contributed by atoms with E-state index >= 15 is 0 Å². The molecule has 1 rings (SSSR count). The monoisotopic (exact) mass is 253 g/mol. The third kappa shape index (κ3) is 6.47. The fourth-order valence-electron chi connectivity index (χ4n) is 1.35. The van der Waals surface area contributed by atoms with E-state index in [1.165, 1.54) is 0 Å². The Bertz CT molecular complexity index is 330. The molecule has 0 aliphatic rings. The van der Waals surface area contributed by atoms with Crippen LogP contribution >= 0.6 is 0 Å². The van der Waals surface area contributed by atoms with Gasteiger partial charge in [0.1, 0.15) is 18.1 Å². The predicted molar refractivity (Wildman–Crippen MR) is 72.2 cm³/mol. The molecule has 4 heteroatoms. The highest BCUT2D eigenvalue weighted by Gasteiger charge is 2.09. The molecule has 0 aromatic heterocycles. The Hall–Kier alpha value is -1.26. The summed E-state index contributed by atoms with van der Waals surface area (Å²) in [6, 6.07) is 7.56. The maximum atomic E-state index is 5.79. The van der Waals surface area contributed by atoms with Gasteiger partial charge in [0.2, 0.25) is 0 Å². The highest BCUT2D eigenvalue weighted by Crippen LogP contribution is 2.17. The number of hydrogen-bond acceptors (Lipinski definition) is 4. The van der Waals surface area contributed by atoms with E-state index in [2.05, 4.69) is 0 Å². The van der Waals surface area contributed by atoms with Crippen molar-refractivity contribution >= 4 is 0 Å². The summed E-state index contributed by atoms with van der Waals surface area (Å²) in [5.74, 6) is 1.67. The standard InChI is InChI=1S/C14H23NO3/c1-4-17-12-5-7-13(8-6-12)18-10-9-16-11-14(2,3)15/h5-8H,4,9-11,15H2,1-3H3. The molecule has 0 radical (unpaired) electrons. The third-order valence-electron chi connectivity index (χ3n) is 2.11. The van der Waals surface area contributed by atoms with Crippen LogP contribution in [0.4, 0.5) is 0 Å². The Morgan fingerprint density at radius 1 is 1.00 bits per heavy atom. The van der Waals surface area contributed by atoms with Gasteiger partial charge >= 0.3 is 0 Å². The fraction of sp³-hybridized carbons (Fsp3) is 0.571. The first-order valence-electron chi connectivity index (χ1n) is 6.23. The van der Waals surface area contributed by atoms with E-state index in [1.54, 1.807) is 0 Å². The number of hydrogen-bond donors (Lipinski definition) is 1. The number of ether oxygens (including phenoxy) is 3. The summed E-state index contributed by atoms with van der Waals surface area (Å²) in [6.45, 7) is 8.07. The molecule has 0 heterocycles. The van der Waals surface area contributed by atoms with E-state index in [9.17, 15) is 0 Å². The van der Waals surface area contributed by atoms with E-state index < -0.39 is 0 Å². The van der Waals surface area contributed by atoms with Gasteiger partial charge in [0.15, 0.2) is 0 Å². The summed E-state index contributed by atoms with van der Waals surface area (Å²) < 4.78 is 16.3. The van der Waals surface area contributed by atoms with Crippen LogP contribution in [0.5, 0.6) is 11.5 Å². The first kappa shape index (κ1) is 14.8. The van der Waals surface area contributed by atoms with Crippen molar-refractivity contribution in [3.63, 3.8) is 0 Å². The zero-order valence-corrected chi connectivity index (χ0v) is 11.4. The fourth-order valence-corrected chi connectivity index (χ4v) is 1.35. The molecule has 1 aromatic rings. The molecule has 0 unspecified atom stereocenters. The number of benzene rings is 1. The summed E-state index contributed by atoms with van der Waals surface area (Å²) in [6.07, 6.45) is 0. The lowest BCUT2D eigenvalue weighted by Crippen LogP contribution is -2.37. The summed E-state index contributed by atoms with van der Waals surface area (Å²) in [7, 11) is 0. The summed E-state index contributed by atoms with van der Waals surface area (Å²) in [5, 5.41) is 0. The van der Waals surface area contributed by atoms with Gasteiger partial charge in [0.25, 0.3) is 0 Å². The van der Waals surface area contributed by atoms with Gasteiger partial charge < -0.3 is 19.9 Å². The Morgan fingerprint density at radius 2 is 1.56 bits per heavy atom. The highest BCUT2D eigenvalue weighted by molar-refractivity contribution is 5.31. The van der Waals surface area contributed by atoms with Crippen molar-refractivity contribution in [1.82, 2.24) is 0 Å². The Morgan fingerprint density at radius 3 is 2.06 bits per heavy atom. The van der Waals surface area contributed by atoms with Gasteiger partial charge in [0.05, 0.1) is 19.8 Å². The number of rotatable bonds is 8.